The van der Waals surface area contributed by atoms with Crippen LogP contribution in [0, 0.1) is 13.0 Å². The lowest BCUT2D eigenvalue weighted by Crippen LogP contribution is -1.76. The summed E-state index contributed by atoms with van der Waals surface area (Å²) in [5.74, 6) is 0.750. The average Bonchev–Trinajstić information content (AvgIpc) is 2.87. The van der Waals surface area contributed by atoms with E-state index >= 15 is 0 Å². The molecule has 1 aliphatic rings. The van der Waals surface area contributed by atoms with Crippen molar-refractivity contribution < 1.29 is 0 Å². The van der Waals surface area contributed by atoms with E-state index in [2.05, 4.69) is 40.0 Å². The highest BCUT2D eigenvalue weighted by molar-refractivity contribution is 9.10. The molecule has 1 aliphatic carbocycles. The summed E-state index contributed by atoms with van der Waals surface area (Å²) in [5.41, 5.74) is 2.28. The molecule has 0 atom stereocenters. The SMILES string of the molecule is Cc1[c]c(Br)c2sc(C3CC3)nc2c1. The highest BCUT2D eigenvalue weighted by Crippen LogP contribution is 2.44. The molecule has 1 aromatic carbocycles. The number of hydrogen-bond acceptors (Lipinski definition) is 2. The van der Waals surface area contributed by atoms with Gasteiger partial charge in [-0.25, -0.2) is 4.98 Å². The highest BCUT2D eigenvalue weighted by Gasteiger charge is 2.27. The molecule has 3 rings (SSSR count). The largest absolute Gasteiger partial charge is 0.241 e. The van der Waals surface area contributed by atoms with Gasteiger partial charge < -0.3 is 0 Å². The quantitative estimate of drug-likeness (QED) is 0.759. The van der Waals surface area contributed by atoms with Crippen LogP contribution in [0.1, 0.15) is 29.3 Å². The average molecular weight is 267 g/mol. The summed E-state index contributed by atoms with van der Waals surface area (Å²) in [7, 11) is 0. The molecule has 0 N–H and O–H groups in total. The third-order valence-electron chi connectivity index (χ3n) is 2.46. The molecule has 3 heteroatoms. The monoisotopic (exact) mass is 266 g/mol. The van der Waals surface area contributed by atoms with Crippen molar-refractivity contribution in [2.75, 3.05) is 0 Å². The lowest BCUT2D eigenvalue weighted by atomic mass is 10.2. The van der Waals surface area contributed by atoms with Gasteiger partial charge in [0.2, 0.25) is 0 Å². The van der Waals surface area contributed by atoms with Gasteiger partial charge in [-0.3, -0.25) is 0 Å². The molecule has 1 heterocycles. The molecule has 0 bridgehead atoms. The summed E-state index contributed by atoms with van der Waals surface area (Å²) in [6.07, 6.45) is 2.64. The Balaban J connectivity index is 2.26. The molecule has 1 saturated carbocycles. The Kier molecular flexibility index (Phi) is 1.92. The number of fused-ring (bicyclic) bond motifs is 1. The Morgan fingerprint density at radius 3 is 3.07 bits per heavy atom. The van der Waals surface area contributed by atoms with Gasteiger partial charge in [-0.1, -0.05) is 0 Å². The Bertz CT molecular complexity index is 499. The molecule has 0 spiro atoms. The van der Waals surface area contributed by atoms with Gasteiger partial charge in [-0.15, -0.1) is 11.3 Å². The maximum absolute atomic E-state index is 4.66. The van der Waals surface area contributed by atoms with Crippen LogP contribution in [-0.4, -0.2) is 4.98 Å². The van der Waals surface area contributed by atoms with Crippen molar-refractivity contribution in [1.82, 2.24) is 4.98 Å². The van der Waals surface area contributed by atoms with E-state index in [0.717, 1.165) is 21.5 Å². The summed E-state index contributed by atoms with van der Waals surface area (Å²) < 4.78 is 2.31. The van der Waals surface area contributed by atoms with E-state index in [1.54, 1.807) is 0 Å². The first kappa shape index (κ1) is 8.86. The standard InChI is InChI=1S/C11H9BrNS/c1-6-4-8(12)10-9(5-6)13-11(14-10)7-2-3-7/h5,7H,2-3H2,1H3. The van der Waals surface area contributed by atoms with Gasteiger partial charge in [0.25, 0.3) is 0 Å². The van der Waals surface area contributed by atoms with Crippen LogP contribution in [0.2, 0.25) is 0 Å². The van der Waals surface area contributed by atoms with Gasteiger partial charge in [-0.05, 0) is 47.3 Å². The zero-order valence-electron chi connectivity index (χ0n) is 7.80. The third kappa shape index (κ3) is 1.39. The third-order valence-corrected chi connectivity index (χ3v) is 4.56. The van der Waals surface area contributed by atoms with Crippen molar-refractivity contribution in [1.29, 1.82) is 0 Å². The van der Waals surface area contributed by atoms with E-state index in [1.165, 1.54) is 22.5 Å². The maximum atomic E-state index is 4.66. The Morgan fingerprint density at radius 2 is 2.36 bits per heavy atom. The molecule has 71 valence electrons. The van der Waals surface area contributed by atoms with Crippen molar-refractivity contribution in [3.05, 3.63) is 27.2 Å². The number of nitrogens with zero attached hydrogens (tertiary/aromatic N) is 1. The van der Waals surface area contributed by atoms with Crippen LogP contribution in [-0.2, 0) is 0 Å². The van der Waals surface area contributed by atoms with E-state index in [9.17, 15) is 0 Å². The first-order chi connectivity index (χ1) is 6.74. The van der Waals surface area contributed by atoms with Crippen LogP contribution in [0.15, 0.2) is 10.5 Å². The molecule has 1 fully saturated rings. The normalized spacial score (nSPS) is 16.4. The second-order valence-corrected chi connectivity index (χ2v) is 5.63. The second-order valence-electron chi connectivity index (χ2n) is 3.81. The molecule has 0 unspecified atom stereocenters. The topological polar surface area (TPSA) is 12.9 Å². The van der Waals surface area contributed by atoms with Crippen LogP contribution in [0.3, 0.4) is 0 Å². The minimum absolute atomic E-state index is 0.750. The summed E-state index contributed by atoms with van der Waals surface area (Å²) in [6.45, 7) is 2.06. The van der Waals surface area contributed by atoms with Gasteiger partial charge >= 0.3 is 0 Å². The van der Waals surface area contributed by atoms with Crippen LogP contribution in [0.5, 0.6) is 0 Å². The van der Waals surface area contributed by atoms with Crippen molar-refractivity contribution >= 4 is 37.5 Å². The molecule has 0 saturated heterocycles. The second kappa shape index (κ2) is 3.04. The van der Waals surface area contributed by atoms with E-state index in [4.69, 9.17) is 0 Å². The summed E-state index contributed by atoms with van der Waals surface area (Å²) in [5, 5.41) is 1.31. The molecule has 2 aromatic rings. The molecule has 1 aromatic heterocycles. The van der Waals surface area contributed by atoms with Gasteiger partial charge in [0, 0.05) is 16.5 Å². The fraction of sp³-hybridized carbons (Fsp3) is 0.364. The smallest absolute Gasteiger partial charge is 0.0969 e. The predicted octanol–water partition coefficient (Wildman–Crippen LogP) is 4.04. The predicted molar refractivity (Wildman–Crippen MR) is 62.9 cm³/mol. The number of rotatable bonds is 1. The molecule has 1 radical (unpaired) electrons. The number of benzene rings is 1. The zero-order valence-corrected chi connectivity index (χ0v) is 10.2. The fourth-order valence-electron chi connectivity index (χ4n) is 1.58. The van der Waals surface area contributed by atoms with Gasteiger partial charge in [0.15, 0.2) is 0 Å². The minimum Gasteiger partial charge on any atom is -0.241 e. The van der Waals surface area contributed by atoms with Crippen LogP contribution in [0.25, 0.3) is 10.2 Å². The fourth-order valence-corrected chi connectivity index (χ4v) is 3.44. The van der Waals surface area contributed by atoms with Gasteiger partial charge in [-0.2, -0.15) is 0 Å². The van der Waals surface area contributed by atoms with E-state index in [1.807, 2.05) is 11.3 Å². The van der Waals surface area contributed by atoms with E-state index < -0.39 is 0 Å². The zero-order chi connectivity index (χ0) is 9.71. The Labute approximate surface area is 95.3 Å². The van der Waals surface area contributed by atoms with Crippen LogP contribution >= 0.6 is 27.3 Å². The molecular weight excluding hydrogens is 258 g/mol. The number of aromatic nitrogens is 1. The maximum Gasteiger partial charge on any atom is 0.0969 e. The first-order valence-electron chi connectivity index (χ1n) is 4.73. The van der Waals surface area contributed by atoms with Gasteiger partial charge in [0.1, 0.15) is 0 Å². The van der Waals surface area contributed by atoms with Crippen molar-refractivity contribution in [2.24, 2.45) is 0 Å². The summed E-state index contributed by atoms with van der Waals surface area (Å²) in [6, 6.07) is 5.39. The van der Waals surface area contributed by atoms with Crippen LogP contribution in [0.4, 0.5) is 0 Å². The Morgan fingerprint density at radius 1 is 1.57 bits per heavy atom. The van der Waals surface area contributed by atoms with E-state index in [-0.39, 0.29) is 0 Å². The molecule has 14 heavy (non-hydrogen) atoms. The first-order valence-corrected chi connectivity index (χ1v) is 6.34. The number of thiazole rings is 1. The van der Waals surface area contributed by atoms with Crippen LogP contribution < -0.4 is 0 Å². The molecular formula is C11H9BrNS. The van der Waals surface area contributed by atoms with E-state index in [0.29, 0.717) is 0 Å². The summed E-state index contributed by atoms with van der Waals surface area (Å²) in [4.78, 5) is 4.66. The number of aryl methyl sites for hydroxylation is 1. The highest BCUT2D eigenvalue weighted by atomic mass is 79.9. The lowest BCUT2D eigenvalue weighted by Gasteiger charge is -1.93. The summed E-state index contributed by atoms with van der Waals surface area (Å²) >= 11 is 5.36. The Hall–Kier alpha value is -0.410. The van der Waals surface area contributed by atoms with Crippen molar-refractivity contribution in [2.45, 2.75) is 25.7 Å². The molecule has 0 amide bonds. The van der Waals surface area contributed by atoms with Crippen molar-refractivity contribution in [3.8, 4) is 0 Å². The number of hydrogen-bond donors (Lipinski definition) is 0. The van der Waals surface area contributed by atoms with Gasteiger partial charge in [0.05, 0.1) is 15.2 Å². The van der Waals surface area contributed by atoms with Crippen molar-refractivity contribution in [3.63, 3.8) is 0 Å². The molecule has 1 nitrogen and oxygen atoms in total. The lowest BCUT2D eigenvalue weighted by molar-refractivity contribution is 1.10. The molecule has 0 aliphatic heterocycles. The number of halogens is 1. The minimum atomic E-state index is 0.750.